The van der Waals surface area contributed by atoms with Crippen molar-refractivity contribution in [2.45, 2.75) is 27.0 Å². The van der Waals surface area contributed by atoms with Gasteiger partial charge in [-0.3, -0.25) is 14.4 Å². The highest BCUT2D eigenvalue weighted by Gasteiger charge is 2.24. The lowest BCUT2D eigenvalue weighted by Gasteiger charge is -2.34. The van der Waals surface area contributed by atoms with Gasteiger partial charge in [-0.1, -0.05) is 17.7 Å². The van der Waals surface area contributed by atoms with Crippen LogP contribution >= 0.6 is 22.9 Å². The molecule has 1 amide bonds. The monoisotopic (exact) mass is 458 g/mol. The average molecular weight is 459 g/mol. The van der Waals surface area contributed by atoms with Crippen LogP contribution in [0.1, 0.15) is 32.1 Å². The van der Waals surface area contributed by atoms with Crippen LogP contribution in [0.4, 0.5) is 0 Å². The Labute approximate surface area is 192 Å². The predicted octanol–water partition coefficient (Wildman–Crippen LogP) is 4.29. The first kappa shape index (κ1) is 21.9. The maximum Gasteiger partial charge on any atom is 0.264 e. The summed E-state index contributed by atoms with van der Waals surface area (Å²) >= 11 is 7.67. The molecule has 8 heteroatoms. The minimum atomic E-state index is 0.0991. The number of hydrogen-bond donors (Lipinski definition) is 0. The first-order valence-corrected chi connectivity index (χ1v) is 11.6. The van der Waals surface area contributed by atoms with Crippen LogP contribution < -0.4 is 4.74 Å². The Hall–Kier alpha value is -2.35. The molecule has 0 atom stereocenters. The number of carbonyl (C=O) groups excluding carboxylic acids is 1. The fourth-order valence-electron chi connectivity index (χ4n) is 3.76. The second kappa shape index (κ2) is 9.42. The smallest absolute Gasteiger partial charge is 0.264 e. The molecule has 1 aromatic carbocycles. The molecule has 0 unspecified atom stereocenters. The number of hydrogen-bond acceptors (Lipinski definition) is 5. The van der Waals surface area contributed by atoms with Gasteiger partial charge in [-0.05, 0) is 43.0 Å². The summed E-state index contributed by atoms with van der Waals surface area (Å²) in [6.45, 7) is 8.53. The van der Waals surface area contributed by atoms with Crippen LogP contribution in [0.5, 0.6) is 5.75 Å². The Bertz CT molecular complexity index is 1070. The van der Waals surface area contributed by atoms with Crippen LogP contribution in [0.2, 0.25) is 5.02 Å². The molecule has 164 valence electrons. The lowest BCUT2D eigenvalue weighted by Crippen LogP contribution is -2.48. The zero-order chi connectivity index (χ0) is 22.0. The number of benzene rings is 1. The van der Waals surface area contributed by atoms with E-state index in [1.165, 1.54) is 16.9 Å². The molecule has 4 rings (SSSR count). The molecule has 2 aromatic heterocycles. The van der Waals surface area contributed by atoms with Crippen molar-refractivity contribution in [1.29, 1.82) is 0 Å². The Morgan fingerprint density at radius 3 is 2.68 bits per heavy atom. The fourth-order valence-corrected chi connectivity index (χ4v) is 4.79. The first-order chi connectivity index (χ1) is 14.9. The van der Waals surface area contributed by atoms with Crippen molar-refractivity contribution in [2.24, 2.45) is 7.05 Å². The third-order valence-electron chi connectivity index (χ3n) is 5.51. The number of amides is 1. The third-order valence-corrected chi connectivity index (χ3v) is 6.79. The topological polar surface area (TPSA) is 50.6 Å². The highest BCUT2D eigenvalue weighted by Crippen LogP contribution is 2.27. The number of piperazine rings is 1. The van der Waals surface area contributed by atoms with E-state index in [-0.39, 0.29) is 5.91 Å². The van der Waals surface area contributed by atoms with Crippen molar-refractivity contribution in [3.8, 4) is 5.75 Å². The standard InChI is InChI=1S/C23H27ClN4O2S/c1-16-4-5-20(24)21(10-16)30-14-18-11-22(31-15-18)23(29)28-8-6-27(7-9-28)13-19-12-26(3)25-17(19)2/h4-5,10-12,15H,6-9,13-14H2,1-3H3. The maximum atomic E-state index is 13.0. The van der Waals surface area contributed by atoms with Crippen LogP contribution in [0.3, 0.4) is 0 Å². The van der Waals surface area contributed by atoms with E-state index in [9.17, 15) is 4.79 Å². The molecule has 0 aliphatic carbocycles. The normalized spacial score (nSPS) is 14.8. The van der Waals surface area contributed by atoms with Crippen molar-refractivity contribution >= 4 is 28.8 Å². The molecule has 0 N–H and O–H groups in total. The molecule has 0 spiro atoms. The largest absolute Gasteiger partial charge is 0.487 e. The summed E-state index contributed by atoms with van der Waals surface area (Å²) in [6, 6.07) is 7.65. The summed E-state index contributed by atoms with van der Waals surface area (Å²) in [7, 11) is 1.95. The van der Waals surface area contributed by atoms with Crippen molar-refractivity contribution < 1.29 is 9.53 Å². The SMILES string of the molecule is Cc1ccc(Cl)c(OCc2csc(C(=O)N3CCN(Cc4cn(C)nc4C)CC3)c2)c1. The van der Waals surface area contributed by atoms with Gasteiger partial charge in [0.2, 0.25) is 0 Å². The Morgan fingerprint density at radius 1 is 1.19 bits per heavy atom. The number of carbonyl (C=O) groups is 1. The molecule has 1 fully saturated rings. The summed E-state index contributed by atoms with van der Waals surface area (Å²) in [6.07, 6.45) is 2.08. The summed E-state index contributed by atoms with van der Waals surface area (Å²) in [5.41, 5.74) is 4.40. The van der Waals surface area contributed by atoms with Crippen LogP contribution in [-0.4, -0.2) is 51.7 Å². The minimum Gasteiger partial charge on any atom is -0.487 e. The van der Waals surface area contributed by atoms with Gasteiger partial charge in [-0.25, -0.2) is 0 Å². The molecule has 0 saturated carbocycles. The quantitative estimate of drug-likeness (QED) is 0.553. The van der Waals surface area contributed by atoms with Gasteiger partial charge in [0.05, 0.1) is 15.6 Å². The van der Waals surface area contributed by atoms with Crippen molar-refractivity contribution in [3.63, 3.8) is 0 Å². The van der Waals surface area contributed by atoms with Crippen molar-refractivity contribution in [2.75, 3.05) is 26.2 Å². The number of thiophene rings is 1. The van der Waals surface area contributed by atoms with E-state index in [0.29, 0.717) is 17.4 Å². The molecule has 1 aliphatic rings. The molecule has 3 heterocycles. The van der Waals surface area contributed by atoms with Gasteiger partial charge >= 0.3 is 0 Å². The highest BCUT2D eigenvalue weighted by atomic mass is 35.5. The van der Waals surface area contributed by atoms with Gasteiger partial charge in [0.15, 0.2) is 0 Å². The van der Waals surface area contributed by atoms with Gasteiger partial charge in [-0.15, -0.1) is 11.3 Å². The zero-order valence-corrected chi connectivity index (χ0v) is 19.7. The van der Waals surface area contributed by atoms with Gasteiger partial charge < -0.3 is 9.64 Å². The average Bonchev–Trinajstić information content (AvgIpc) is 3.35. The van der Waals surface area contributed by atoms with Crippen LogP contribution in [-0.2, 0) is 20.2 Å². The molecule has 0 bridgehead atoms. The molecule has 3 aromatic rings. The molecular weight excluding hydrogens is 432 g/mol. The van der Waals surface area contributed by atoms with E-state index in [2.05, 4.69) is 16.2 Å². The van der Waals surface area contributed by atoms with Crippen molar-refractivity contribution in [1.82, 2.24) is 19.6 Å². The summed E-state index contributed by atoms with van der Waals surface area (Å²) in [5, 5.41) is 6.99. The van der Waals surface area contributed by atoms with Crippen LogP contribution in [0, 0.1) is 13.8 Å². The van der Waals surface area contributed by atoms with Crippen molar-refractivity contribution in [3.05, 3.63) is 68.1 Å². The second-order valence-electron chi connectivity index (χ2n) is 8.02. The zero-order valence-electron chi connectivity index (χ0n) is 18.1. The molecule has 6 nitrogen and oxygen atoms in total. The van der Waals surface area contributed by atoms with Gasteiger partial charge in [-0.2, -0.15) is 5.10 Å². The van der Waals surface area contributed by atoms with Crippen LogP contribution in [0.15, 0.2) is 35.8 Å². The lowest BCUT2D eigenvalue weighted by atomic mass is 10.2. The highest BCUT2D eigenvalue weighted by molar-refractivity contribution is 7.12. The van der Waals surface area contributed by atoms with Gasteiger partial charge in [0.1, 0.15) is 12.4 Å². The Kier molecular flexibility index (Phi) is 6.65. The number of ether oxygens (including phenoxy) is 1. The molecule has 1 saturated heterocycles. The first-order valence-electron chi connectivity index (χ1n) is 10.4. The van der Waals surface area contributed by atoms with E-state index in [4.69, 9.17) is 16.3 Å². The number of rotatable bonds is 6. The van der Waals surface area contributed by atoms with E-state index in [1.54, 1.807) is 0 Å². The number of nitrogens with zero attached hydrogens (tertiary/aromatic N) is 4. The fraction of sp³-hybridized carbons (Fsp3) is 0.391. The minimum absolute atomic E-state index is 0.0991. The third kappa shape index (κ3) is 5.29. The summed E-state index contributed by atoms with van der Waals surface area (Å²) in [4.78, 5) is 18.0. The molecular formula is C23H27ClN4O2S. The van der Waals surface area contributed by atoms with Gasteiger partial charge in [0.25, 0.3) is 5.91 Å². The van der Waals surface area contributed by atoms with E-state index in [1.807, 2.05) is 60.1 Å². The predicted molar refractivity (Wildman–Crippen MR) is 124 cm³/mol. The van der Waals surface area contributed by atoms with Gasteiger partial charge in [0, 0.05) is 57.1 Å². The molecule has 31 heavy (non-hydrogen) atoms. The molecule has 0 radical (unpaired) electrons. The molecule has 1 aliphatic heterocycles. The van der Waals surface area contributed by atoms with E-state index in [0.717, 1.165) is 54.4 Å². The Morgan fingerprint density at radius 2 is 1.97 bits per heavy atom. The number of aryl methyl sites for hydroxylation is 3. The number of aromatic nitrogens is 2. The Balaban J connectivity index is 1.30. The maximum absolute atomic E-state index is 13.0. The van der Waals surface area contributed by atoms with E-state index >= 15 is 0 Å². The lowest BCUT2D eigenvalue weighted by molar-refractivity contribution is 0.0633. The summed E-state index contributed by atoms with van der Waals surface area (Å²) in [5.74, 6) is 0.766. The van der Waals surface area contributed by atoms with E-state index < -0.39 is 0 Å². The number of halogens is 1. The van der Waals surface area contributed by atoms with Crippen LogP contribution in [0.25, 0.3) is 0 Å². The second-order valence-corrected chi connectivity index (χ2v) is 9.34. The summed E-state index contributed by atoms with van der Waals surface area (Å²) < 4.78 is 7.72.